The van der Waals surface area contributed by atoms with Crippen molar-refractivity contribution in [3.05, 3.63) is 0 Å². The minimum Gasteiger partial charge on any atom is -0.463 e. The van der Waals surface area contributed by atoms with E-state index in [4.69, 9.17) is 24.4 Å². The van der Waals surface area contributed by atoms with Crippen LogP contribution in [0, 0.1) is 0 Å². The van der Waals surface area contributed by atoms with Crippen LogP contribution in [0.4, 0.5) is 0 Å². The van der Waals surface area contributed by atoms with Gasteiger partial charge in [0.2, 0.25) is 0 Å². The van der Waals surface area contributed by atoms with Gasteiger partial charge in [-0.2, -0.15) is 0 Å². The van der Waals surface area contributed by atoms with Gasteiger partial charge in [-0.25, -0.2) is 0 Å². The van der Waals surface area contributed by atoms with Crippen LogP contribution in [0.2, 0.25) is 0 Å². The number of carbonyl (C=O) groups excluding carboxylic acids is 1. The highest BCUT2D eigenvalue weighted by Gasteiger charge is 2.12. The van der Waals surface area contributed by atoms with E-state index in [2.05, 4.69) is 6.92 Å². The molecule has 8 heteroatoms. The Labute approximate surface area is 213 Å². The van der Waals surface area contributed by atoms with Crippen LogP contribution >= 0.6 is 0 Å². The Kier molecular flexibility index (Phi) is 25.7. The first-order valence-electron chi connectivity index (χ1n) is 14.0. The molecule has 0 radical (unpaired) electrons. The second-order valence-corrected chi connectivity index (χ2v) is 9.60. The van der Waals surface area contributed by atoms with Gasteiger partial charge in [-0.05, 0) is 6.42 Å². The molecule has 35 heavy (non-hydrogen) atoms. The van der Waals surface area contributed by atoms with Crippen molar-refractivity contribution in [2.24, 2.45) is 0 Å². The molecule has 4 N–H and O–H groups in total. The quantitative estimate of drug-likeness (QED) is 0.0976. The van der Waals surface area contributed by atoms with Gasteiger partial charge in [0.1, 0.15) is 24.9 Å². The Hall–Kier alpha value is -0.770. The third kappa shape index (κ3) is 26.1. The predicted octanol–water partition coefficient (Wildman–Crippen LogP) is 3.90. The SMILES string of the molecule is CCCCCCCCCCCCCCCCCC(=O)OC[C@@H](O)COC[C@@H](O)COC[C@@H](O)CO. The minimum atomic E-state index is -0.978. The number of ether oxygens (including phenoxy) is 3. The molecule has 0 rings (SSSR count). The first-order valence-corrected chi connectivity index (χ1v) is 14.0. The average Bonchev–Trinajstić information content (AvgIpc) is 2.85. The zero-order valence-electron chi connectivity index (χ0n) is 22.2. The zero-order valence-corrected chi connectivity index (χ0v) is 22.2. The van der Waals surface area contributed by atoms with Gasteiger partial charge in [-0.3, -0.25) is 4.79 Å². The van der Waals surface area contributed by atoms with Crippen molar-refractivity contribution in [2.75, 3.05) is 39.6 Å². The summed E-state index contributed by atoms with van der Waals surface area (Å²) in [6, 6.07) is 0. The number of hydrogen-bond acceptors (Lipinski definition) is 8. The second-order valence-electron chi connectivity index (χ2n) is 9.60. The molecule has 0 amide bonds. The van der Waals surface area contributed by atoms with Crippen LogP contribution < -0.4 is 0 Å². The molecule has 3 atom stereocenters. The number of aliphatic hydroxyl groups is 4. The van der Waals surface area contributed by atoms with Crippen molar-refractivity contribution in [3.8, 4) is 0 Å². The fourth-order valence-corrected chi connectivity index (χ4v) is 3.73. The lowest BCUT2D eigenvalue weighted by atomic mass is 10.0. The lowest BCUT2D eigenvalue weighted by Gasteiger charge is -2.15. The molecule has 0 aliphatic rings. The third-order valence-electron chi connectivity index (χ3n) is 5.87. The second kappa shape index (κ2) is 26.3. The van der Waals surface area contributed by atoms with Crippen LogP contribution in [0.3, 0.4) is 0 Å². The molecular weight excluding hydrogens is 452 g/mol. The van der Waals surface area contributed by atoms with E-state index in [1.807, 2.05) is 0 Å². The minimum absolute atomic E-state index is 0.0542. The average molecular weight is 507 g/mol. The molecule has 0 fully saturated rings. The predicted molar refractivity (Wildman–Crippen MR) is 137 cm³/mol. The van der Waals surface area contributed by atoms with Crippen molar-refractivity contribution in [3.63, 3.8) is 0 Å². The summed E-state index contributed by atoms with van der Waals surface area (Å²) in [4.78, 5) is 11.8. The normalized spacial score (nSPS) is 14.1. The first kappa shape index (κ1) is 34.2. The van der Waals surface area contributed by atoms with E-state index < -0.39 is 24.9 Å². The van der Waals surface area contributed by atoms with E-state index in [9.17, 15) is 15.0 Å². The Morgan fingerprint density at radius 2 is 0.943 bits per heavy atom. The smallest absolute Gasteiger partial charge is 0.305 e. The van der Waals surface area contributed by atoms with E-state index in [1.165, 1.54) is 77.0 Å². The summed E-state index contributed by atoms with van der Waals surface area (Å²) in [5, 5.41) is 37.3. The topological polar surface area (TPSA) is 126 Å². The summed E-state index contributed by atoms with van der Waals surface area (Å²) in [5.41, 5.74) is 0. The largest absolute Gasteiger partial charge is 0.463 e. The molecule has 0 aromatic heterocycles. The van der Waals surface area contributed by atoms with Crippen molar-refractivity contribution in [1.29, 1.82) is 0 Å². The van der Waals surface area contributed by atoms with Crippen molar-refractivity contribution in [2.45, 2.75) is 128 Å². The van der Waals surface area contributed by atoms with E-state index in [0.717, 1.165) is 19.3 Å². The highest BCUT2D eigenvalue weighted by molar-refractivity contribution is 5.69. The van der Waals surface area contributed by atoms with E-state index in [1.54, 1.807) is 0 Å². The first-order chi connectivity index (χ1) is 17.0. The van der Waals surface area contributed by atoms with Gasteiger partial charge in [-0.1, -0.05) is 96.8 Å². The molecule has 0 unspecified atom stereocenters. The Morgan fingerprint density at radius 3 is 1.37 bits per heavy atom. The van der Waals surface area contributed by atoms with Gasteiger partial charge >= 0.3 is 5.97 Å². The van der Waals surface area contributed by atoms with Crippen molar-refractivity contribution >= 4 is 5.97 Å². The molecule has 8 nitrogen and oxygen atoms in total. The van der Waals surface area contributed by atoms with Crippen LogP contribution in [0.15, 0.2) is 0 Å². The Morgan fingerprint density at radius 1 is 0.571 bits per heavy atom. The highest BCUT2D eigenvalue weighted by Crippen LogP contribution is 2.13. The summed E-state index contributed by atoms with van der Waals surface area (Å²) in [5.74, 6) is -0.311. The molecule has 0 aromatic rings. The van der Waals surface area contributed by atoms with Crippen LogP contribution in [0.25, 0.3) is 0 Å². The number of carbonyl (C=O) groups is 1. The molecule has 210 valence electrons. The lowest BCUT2D eigenvalue weighted by Crippen LogP contribution is -2.29. The molecule has 0 saturated carbocycles. The van der Waals surface area contributed by atoms with Crippen LogP contribution in [0.5, 0.6) is 0 Å². The number of aliphatic hydroxyl groups excluding tert-OH is 4. The summed E-state index contributed by atoms with van der Waals surface area (Å²) in [7, 11) is 0. The van der Waals surface area contributed by atoms with E-state index in [0.29, 0.717) is 6.42 Å². The van der Waals surface area contributed by atoms with Gasteiger partial charge in [0.25, 0.3) is 0 Å². The molecular formula is C27H54O8. The fourth-order valence-electron chi connectivity index (χ4n) is 3.73. The molecule has 0 aromatic carbocycles. The number of hydrogen-bond donors (Lipinski definition) is 4. The zero-order chi connectivity index (χ0) is 26.0. The molecule has 0 aliphatic carbocycles. The summed E-state index contributed by atoms with van der Waals surface area (Å²) >= 11 is 0. The lowest BCUT2D eigenvalue weighted by molar-refractivity contribution is -0.148. The van der Waals surface area contributed by atoms with Crippen molar-refractivity contribution < 1.29 is 39.4 Å². The molecule has 0 aliphatic heterocycles. The Balaban J connectivity index is 3.39. The number of rotatable bonds is 27. The summed E-state index contributed by atoms with van der Waals surface area (Å²) < 4.78 is 15.3. The van der Waals surface area contributed by atoms with Gasteiger partial charge in [0, 0.05) is 6.42 Å². The highest BCUT2D eigenvalue weighted by atomic mass is 16.6. The number of unbranched alkanes of at least 4 members (excludes halogenated alkanes) is 14. The van der Waals surface area contributed by atoms with E-state index in [-0.39, 0.29) is 39.0 Å². The van der Waals surface area contributed by atoms with Gasteiger partial charge < -0.3 is 34.6 Å². The molecule has 0 spiro atoms. The maximum atomic E-state index is 11.8. The maximum Gasteiger partial charge on any atom is 0.305 e. The standard InChI is InChI=1S/C27H54O8/c1-2-3-4-5-6-7-8-9-10-11-12-13-14-15-16-17-27(32)35-23-26(31)22-34-21-25(30)20-33-19-24(29)18-28/h24-26,28-31H,2-23H2,1H3/t24-,25-,26-/m0/s1. The summed E-state index contributed by atoms with van der Waals surface area (Å²) in [6.07, 6.45) is 16.7. The van der Waals surface area contributed by atoms with Crippen LogP contribution in [-0.2, 0) is 19.0 Å². The maximum absolute atomic E-state index is 11.8. The van der Waals surface area contributed by atoms with Gasteiger partial charge in [0.15, 0.2) is 0 Å². The van der Waals surface area contributed by atoms with E-state index >= 15 is 0 Å². The van der Waals surface area contributed by atoms with Crippen LogP contribution in [-0.4, -0.2) is 84.3 Å². The molecule has 0 saturated heterocycles. The summed E-state index contributed by atoms with van der Waals surface area (Å²) in [6.45, 7) is 1.46. The monoisotopic (exact) mass is 506 g/mol. The molecule has 0 bridgehead atoms. The van der Waals surface area contributed by atoms with Crippen LogP contribution in [0.1, 0.15) is 110 Å². The van der Waals surface area contributed by atoms with Gasteiger partial charge in [-0.15, -0.1) is 0 Å². The number of esters is 1. The third-order valence-corrected chi connectivity index (χ3v) is 5.87. The molecule has 0 heterocycles. The van der Waals surface area contributed by atoms with Gasteiger partial charge in [0.05, 0.1) is 33.0 Å². The Bertz CT molecular complexity index is 449. The fraction of sp³-hybridized carbons (Fsp3) is 0.963. The van der Waals surface area contributed by atoms with Crippen molar-refractivity contribution in [1.82, 2.24) is 0 Å².